The summed E-state index contributed by atoms with van der Waals surface area (Å²) in [5.74, 6) is 0.851. The van der Waals surface area contributed by atoms with Crippen LogP contribution in [-0.4, -0.2) is 20.8 Å². The number of halogens is 1. The molecular formula is C12H10ClN3O. The molecule has 0 saturated heterocycles. The minimum absolute atomic E-state index is 0.139. The van der Waals surface area contributed by atoms with Crippen LogP contribution in [-0.2, 0) is 5.54 Å². The zero-order valence-corrected chi connectivity index (χ0v) is 9.81. The Kier molecular flexibility index (Phi) is 1.62. The number of hydrogen-bond acceptors (Lipinski definition) is 3. The summed E-state index contributed by atoms with van der Waals surface area (Å²) >= 11 is 5.84. The Morgan fingerprint density at radius 3 is 2.82 bits per heavy atom. The predicted molar refractivity (Wildman–Crippen MR) is 63.2 cm³/mol. The highest BCUT2D eigenvalue weighted by molar-refractivity contribution is 6.28. The van der Waals surface area contributed by atoms with Crippen molar-refractivity contribution in [2.45, 2.75) is 24.8 Å². The van der Waals surface area contributed by atoms with E-state index in [1.54, 1.807) is 6.20 Å². The number of carbonyl (C=O) groups is 1. The maximum atomic E-state index is 11.2. The SMILES string of the molecule is O=Cc1cc2cnc(Cl)nc2n1C12CC(C1)C2. The lowest BCUT2D eigenvalue weighted by Gasteiger charge is -2.62. The van der Waals surface area contributed by atoms with Crippen LogP contribution in [0.5, 0.6) is 0 Å². The summed E-state index contributed by atoms with van der Waals surface area (Å²) in [4.78, 5) is 19.4. The van der Waals surface area contributed by atoms with E-state index in [9.17, 15) is 4.79 Å². The van der Waals surface area contributed by atoms with Gasteiger partial charge in [-0.15, -0.1) is 0 Å². The quantitative estimate of drug-likeness (QED) is 0.605. The van der Waals surface area contributed by atoms with Gasteiger partial charge in [-0.2, -0.15) is 4.98 Å². The molecule has 3 fully saturated rings. The summed E-state index contributed by atoms with van der Waals surface area (Å²) in [6.45, 7) is 0. The van der Waals surface area contributed by atoms with Crippen molar-refractivity contribution in [2.24, 2.45) is 5.92 Å². The van der Waals surface area contributed by atoms with Gasteiger partial charge in [-0.3, -0.25) is 4.79 Å². The molecule has 3 aliphatic carbocycles. The molecule has 0 aliphatic heterocycles. The van der Waals surface area contributed by atoms with Crippen LogP contribution < -0.4 is 0 Å². The van der Waals surface area contributed by atoms with Crippen LogP contribution in [0, 0.1) is 5.92 Å². The van der Waals surface area contributed by atoms with E-state index in [0.717, 1.165) is 23.2 Å². The molecule has 0 N–H and O–H groups in total. The molecule has 3 aliphatic rings. The maximum Gasteiger partial charge on any atom is 0.224 e. The van der Waals surface area contributed by atoms with E-state index in [0.29, 0.717) is 5.69 Å². The molecular weight excluding hydrogens is 238 g/mol. The van der Waals surface area contributed by atoms with E-state index in [2.05, 4.69) is 14.5 Å². The molecule has 0 unspecified atom stereocenters. The van der Waals surface area contributed by atoms with Gasteiger partial charge in [0.1, 0.15) is 5.65 Å². The molecule has 0 aromatic carbocycles. The van der Waals surface area contributed by atoms with Crippen molar-refractivity contribution >= 4 is 28.9 Å². The number of nitrogens with zero attached hydrogens (tertiary/aromatic N) is 3. The van der Waals surface area contributed by atoms with Gasteiger partial charge in [0.15, 0.2) is 6.29 Å². The Morgan fingerprint density at radius 2 is 2.24 bits per heavy atom. The largest absolute Gasteiger partial charge is 0.317 e. The van der Waals surface area contributed by atoms with E-state index in [4.69, 9.17) is 11.6 Å². The lowest BCUT2D eigenvalue weighted by Crippen LogP contribution is -2.59. The Labute approximate surface area is 103 Å². The molecule has 2 heterocycles. The van der Waals surface area contributed by atoms with E-state index in [-0.39, 0.29) is 10.8 Å². The molecule has 17 heavy (non-hydrogen) atoms. The standard InChI is InChI=1S/C12H10ClN3O/c13-11-14-5-8-1-9(6-17)16(10(8)15-11)12-2-7(3-12)4-12/h1,5-7H,2-4H2. The van der Waals surface area contributed by atoms with Crippen molar-refractivity contribution in [3.05, 3.63) is 23.2 Å². The Hall–Kier alpha value is -1.42. The Morgan fingerprint density at radius 1 is 1.47 bits per heavy atom. The third-order valence-corrected chi connectivity index (χ3v) is 4.32. The number of aromatic nitrogens is 3. The molecule has 5 heteroatoms. The van der Waals surface area contributed by atoms with Crippen LogP contribution in [0.25, 0.3) is 11.0 Å². The molecule has 2 aromatic heterocycles. The van der Waals surface area contributed by atoms with Crippen molar-refractivity contribution < 1.29 is 4.79 Å². The van der Waals surface area contributed by atoms with Gasteiger partial charge in [0.2, 0.25) is 5.28 Å². The first-order valence-corrected chi connectivity index (χ1v) is 6.09. The van der Waals surface area contributed by atoms with Gasteiger partial charge in [0.05, 0.1) is 5.69 Å². The summed E-state index contributed by atoms with van der Waals surface area (Å²) < 4.78 is 2.07. The van der Waals surface area contributed by atoms with Crippen LogP contribution in [0.4, 0.5) is 0 Å². The predicted octanol–water partition coefficient (Wildman–Crippen LogP) is 2.41. The summed E-state index contributed by atoms with van der Waals surface area (Å²) in [6.07, 6.45) is 6.08. The first-order valence-electron chi connectivity index (χ1n) is 5.71. The highest BCUT2D eigenvalue weighted by atomic mass is 35.5. The van der Waals surface area contributed by atoms with Crippen LogP contribution >= 0.6 is 11.6 Å². The number of hydrogen-bond donors (Lipinski definition) is 0. The van der Waals surface area contributed by atoms with Crippen LogP contribution in [0.1, 0.15) is 29.8 Å². The van der Waals surface area contributed by atoms with E-state index < -0.39 is 0 Å². The van der Waals surface area contributed by atoms with Crippen molar-refractivity contribution in [1.82, 2.24) is 14.5 Å². The third-order valence-electron chi connectivity index (χ3n) is 4.14. The van der Waals surface area contributed by atoms with Gasteiger partial charge in [0, 0.05) is 17.1 Å². The zero-order chi connectivity index (χ0) is 11.6. The van der Waals surface area contributed by atoms with E-state index in [1.807, 2.05) is 6.07 Å². The molecule has 0 atom stereocenters. The molecule has 3 saturated carbocycles. The van der Waals surface area contributed by atoms with E-state index >= 15 is 0 Å². The minimum Gasteiger partial charge on any atom is -0.317 e. The highest BCUT2D eigenvalue weighted by Gasteiger charge is 2.58. The number of aldehydes is 1. The molecule has 0 spiro atoms. The normalized spacial score (nSPS) is 29.8. The van der Waals surface area contributed by atoms with Gasteiger partial charge in [0.25, 0.3) is 0 Å². The molecule has 0 radical (unpaired) electrons. The molecule has 5 rings (SSSR count). The van der Waals surface area contributed by atoms with Gasteiger partial charge in [-0.05, 0) is 42.8 Å². The van der Waals surface area contributed by atoms with Crippen molar-refractivity contribution in [3.8, 4) is 0 Å². The second-order valence-electron chi connectivity index (χ2n) is 5.14. The Balaban J connectivity index is 2.03. The first kappa shape index (κ1) is 9.59. The average molecular weight is 248 g/mol. The highest BCUT2D eigenvalue weighted by Crippen LogP contribution is 2.63. The summed E-state index contributed by atoms with van der Waals surface area (Å²) in [5.41, 5.74) is 1.63. The number of rotatable bonds is 2. The minimum atomic E-state index is 0.139. The average Bonchev–Trinajstić information content (AvgIpc) is 2.53. The van der Waals surface area contributed by atoms with Gasteiger partial charge < -0.3 is 4.57 Å². The lowest BCUT2D eigenvalue weighted by molar-refractivity contribution is -0.0865. The zero-order valence-electron chi connectivity index (χ0n) is 9.06. The van der Waals surface area contributed by atoms with Crippen molar-refractivity contribution in [3.63, 3.8) is 0 Å². The van der Waals surface area contributed by atoms with Crippen LogP contribution in [0.15, 0.2) is 12.3 Å². The molecule has 0 amide bonds. The second-order valence-corrected chi connectivity index (χ2v) is 5.48. The first-order chi connectivity index (χ1) is 8.22. The summed E-state index contributed by atoms with van der Waals surface area (Å²) in [6, 6.07) is 1.85. The monoisotopic (exact) mass is 247 g/mol. The number of carbonyl (C=O) groups excluding carboxylic acids is 1. The fraction of sp³-hybridized carbons (Fsp3) is 0.417. The van der Waals surface area contributed by atoms with Crippen molar-refractivity contribution in [1.29, 1.82) is 0 Å². The fourth-order valence-corrected chi connectivity index (χ4v) is 3.41. The summed E-state index contributed by atoms with van der Waals surface area (Å²) in [5, 5.41) is 1.13. The Bertz CT molecular complexity index is 631. The van der Waals surface area contributed by atoms with Gasteiger partial charge in [-0.25, -0.2) is 4.98 Å². The molecule has 4 nitrogen and oxygen atoms in total. The van der Waals surface area contributed by atoms with Crippen molar-refractivity contribution in [2.75, 3.05) is 0 Å². The topological polar surface area (TPSA) is 47.8 Å². The maximum absolute atomic E-state index is 11.2. The van der Waals surface area contributed by atoms with E-state index in [1.165, 1.54) is 19.3 Å². The smallest absolute Gasteiger partial charge is 0.224 e. The van der Waals surface area contributed by atoms with Gasteiger partial charge in [-0.1, -0.05) is 0 Å². The lowest BCUT2D eigenvalue weighted by atomic mass is 9.49. The fourth-order valence-electron chi connectivity index (χ4n) is 3.28. The van der Waals surface area contributed by atoms with Crippen LogP contribution in [0.2, 0.25) is 5.28 Å². The second kappa shape index (κ2) is 2.88. The molecule has 2 aromatic rings. The third kappa shape index (κ3) is 1.06. The van der Waals surface area contributed by atoms with Gasteiger partial charge >= 0.3 is 0 Å². The summed E-state index contributed by atoms with van der Waals surface area (Å²) in [7, 11) is 0. The van der Waals surface area contributed by atoms with Crippen LogP contribution in [0.3, 0.4) is 0 Å². The molecule has 2 bridgehead atoms. The number of fused-ring (bicyclic) bond motifs is 1. The molecule has 86 valence electrons.